The zero-order valence-electron chi connectivity index (χ0n) is 15.0. The molecule has 0 spiro atoms. The first-order valence-electron chi connectivity index (χ1n) is 8.85. The van der Waals surface area contributed by atoms with Crippen molar-refractivity contribution in [1.82, 2.24) is 0 Å². The van der Waals surface area contributed by atoms with Gasteiger partial charge in [0.25, 0.3) is 0 Å². The van der Waals surface area contributed by atoms with Crippen LogP contribution >= 0.6 is 0 Å². The van der Waals surface area contributed by atoms with Gasteiger partial charge in [0.1, 0.15) is 5.54 Å². The highest BCUT2D eigenvalue weighted by atomic mass is 16.3. The third-order valence-electron chi connectivity index (χ3n) is 5.68. The summed E-state index contributed by atoms with van der Waals surface area (Å²) in [4.78, 5) is 0. The van der Waals surface area contributed by atoms with Gasteiger partial charge < -0.3 is 5.11 Å². The molecule has 0 bridgehead atoms. The Labute approximate surface area is 154 Å². The lowest BCUT2D eigenvalue weighted by Gasteiger charge is -2.45. The summed E-state index contributed by atoms with van der Waals surface area (Å²) in [7, 11) is 0. The Morgan fingerprint density at radius 1 is 0.577 bits per heavy atom. The van der Waals surface area contributed by atoms with Gasteiger partial charge in [0.2, 0.25) is 5.72 Å². The van der Waals surface area contributed by atoms with Crippen molar-refractivity contribution in [3.8, 4) is 0 Å². The first kappa shape index (κ1) is 16.7. The van der Waals surface area contributed by atoms with Gasteiger partial charge in [-0.15, -0.1) is 0 Å². The second-order valence-corrected chi connectivity index (χ2v) is 7.31. The molecule has 0 radical (unpaired) electrons. The van der Waals surface area contributed by atoms with Crippen LogP contribution in [0.5, 0.6) is 0 Å². The molecule has 0 fully saturated rings. The maximum absolute atomic E-state index is 11.7. The summed E-state index contributed by atoms with van der Waals surface area (Å²) in [6.45, 7) is 4.08. The van der Waals surface area contributed by atoms with Gasteiger partial charge >= 0.3 is 0 Å². The number of aliphatic hydroxyl groups is 1. The van der Waals surface area contributed by atoms with Crippen molar-refractivity contribution in [3.05, 3.63) is 108 Å². The molecule has 4 rings (SSSR count). The minimum atomic E-state index is -1.42. The predicted octanol–water partition coefficient (Wildman–Crippen LogP) is 5.27. The van der Waals surface area contributed by atoms with E-state index in [-0.39, 0.29) is 0 Å². The Balaban J connectivity index is 1.99. The van der Waals surface area contributed by atoms with Gasteiger partial charge in [0.05, 0.1) is 5.41 Å². The largest absolute Gasteiger partial charge is 0.364 e. The Kier molecular flexibility index (Phi) is 3.78. The molecule has 26 heavy (non-hydrogen) atoms. The summed E-state index contributed by atoms with van der Waals surface area (Å²) in [6.07, 6.45) is 0. The number of hydrogen-bond acceptors (Lipinski definition) is 3. The average Bonchev–Trinajstić information content (AvgIpc) is 2.92. The molecule has 3 aromatic carbocycles. The van der Waals surface area contributed by atoms with Crippen LogP contribution in [0.2, 0.25) is 0 Å². The lowest BCUT2D eigenvalue weighted by molar-refractivity contribution is -0.0721. The second kappa shape index (κ2) is 5.89. The fraction of sp³-hybridized carbons (Fsp3) is 0.217. The van der Waals surface area contributed by atoms with Gasteiger partial charge in [-0.2, -0.15) is 10.2 Å². The quantitative estimate of drug-likeness (QED) is 0.692. The molecule has 3 nitrogen and oxygen atoms in total. The fourth-order valence-electron chi connectivity index (χ4n) is 4.10. The molecule has 1 aliphatic rings. The van der Waals surface area contributed by atoms with Gasteiger partial charge in [-0.1, -0.05) is 105 Å². The van der Waals surface area contributed by atoms with Gasteiger partial charge in [0, 0.05) is 5.56 Å². The Morgan fingerprint density at radius 2 is 0.962 bits per heavy atom. The van der Waals surface area contributed by atoms with Crippen LogP contribution in [-0.2, 0) is 11.3 Å². The number of nitrogens with zero attached hydrogens (tertiary/aromatic N) is 2. The van der Waals surface area contributed by atoms with Crippen LogP contribution in [0.4, 0.5) is 0 Å². The maximum Gasteiger partial charge on any atom is 0.210 e. The monoisotopic (exact) mass is 342 g/mol. The molecule has 1 N–H and O–H groups in total. The van der Waals surface area contributed by atoms with Crippen molar-refractivity contribution in [1.29, 1.82) is 0 Å². The minimum absolute atomic E-state index is 0.704. The number of azo groups is 1. The first-order chi connectivity index (χ1) is 12.5. The van der Waals surface area contributed by atoms with Gasteiger partial charge in [-0.05, 0) is 11.1 Å². The average molecular weight is 342 g/mol. The normalized spacial score (nSPS) is 23.0. The Morgan fingerprint density at radius 3 is 1.38 bits per heavy atom. The molecule has 1 unspecified atom stereocenters. The number of hydrogen-bond donors (Lipinski definition) is 1. The highest BCUT2D eigenvalue weighted by Crippen LogP contribution is 2.61. The number of rotatable bonds is 3. The fourth-order valence-corrected chi connectivity index (χ4v) is 4.10. The highest BCUT2D eigenvalue weighted by molar-refractivity contribution is 5.45. The Bertz CT molecular complexity index is 881. The summed E-state index contributed by atoms with van der Waals surface area (Å²) in [6, 6.07) is 29.8. The van der Waals surface area contributed by atoms with E-state index in [2.05, 4.69) is 29.4 Å². The molecule has 0 saturated carbocycles. The van der Waals surface area contributed by atoms with Crippen LogP contribution in [0.1, 0.15) is 30.5 Å². The lowest BCUT2D eigenvalue weighted by atomic mass is 9.60. The highest BCUT2D eigenvalue weighted by Gasteiger charge is 2.64. The van der Waals surface area contributed by atoms with Crippen LogP contribution in [-0.4, -0.2) is 5.11 Å². The van der Waals surface area contributed by atoms with E-state index in [1.54, 1.807) is 0 Å². The van der Waals surface area contributed by atoms with Crippen LogP contribution in [0, 0.1) is 5.41 Å². The molecule has 1 aliphatic heterocycles. The lowest BCUT2D eigenvalue weighted by Crippen LogP contribution is -2.49. The van der Waals surface area contributed by atoms with Gasteiger partial charge in [0.15, 0.2) is 0 Å². The molecule has 0 aromatic heterocycles. The van der Waals surface area contributed by atoms with Crippen LogP contribution in [0.25, 0.3) is 0 Å². The van der Waals surface area contributed by atoms with E-state index in [0.29, 0.717) is 0 Å². The van der Waals surface area contributed by atoms with Crippen molar-refractivity contribution in [3.63, 3.8) is 0 Å². The Hall–Kier alpha value is -2.78. The zero-order valence-corrected chi connectivity index (χ0v) is 15.0. The molecule has 3 aromatic rings. The van der Waals surface area contributed by atoms with E-state index in [0.717, 1.165) is 16.7 Å². The van der Waals surface area contributed by atoms with Crippen LogP contribution < -0.4 is 0 Å². The third-order valence-corrected chi connectivity index (χ3v) is 5.68. The maximum atomic E-state index is 11.7. The van der Waals surface area contributed by atoms with E-state index in [1.165, 1.54) is 0 Å². The summed E-state index contributed by atoms with van der Waals surface area (Å²) < 4.78 is 0. The molecule has 130 valence electrons. The summed E-state index contributed by atoms with van der Waals surface area (Å²) in [5, 5.41) is 20.9. The molecular formula is C23H22N2O. The minimum Gasteiger partial charge on any atom is -0.364 e. The standard InChI is InChI=1S/C23H22N2O/c1-21(2)22(18-12-6-3-7-13-18,19-14-8-4-9-15-19)24-25-23(21,26)20-16-10-5-11-17-20/h3-17,26H,1-2H3. The van der Waals surface area contributed by atoms with Crippen molar-refractivity contribution >= 4 is 0 Å². The van der Waals surface area contributed by atoms with Crippen LogP contribution in [0.15, 0.2) is 101 Å². The molecule has 3 heteroatoms. The predicted molar refractivity (Wildman–Crippen MR) is 103 cm³/mol. The topological polar surface area (TPSA) is 45.0 Å². The van der Waals surface area contributed by atoms with E-state index < -0.39 is 16.7 Å². The van der Waals surface area contributed by atoms with Gasteiger partial charge in [-0.25, -0.2) is 0 Å². The zero-order chi connectivity index (χ0) is 18.3. The molecule has 1 atom stereocenters. The summed E-state index contributed by atoms with van der Waals surface area (Å²) in [5.74, 6) is 0. The van der Waals surface area contributed by atoms with Crippen molar-refractivity contribution in [2.24, 2.45) is 15.6 Å². The van der Waals surface area contributed by atoms with Crippen molar-refractivity contribution in [2.45, 2.75) is 25.1 Å². The molecule has 0 saturated heterocycles. The van der Waals surface area contributed by atoms with Crippen molar-refractivity contribution in [2.75, 3.05) is 0 Å². The molecule has 1 heterocycles. The first-order valence-corrected chi connectivity index (χ1v) is 8.85. The smallest absolute Gasteiger partial charge is 0.210 e. The van der Waals surface area contributed by atoms with Crippen molar-refractivity contribution < 1.29 is 5.11 Å². The molecular weight excluding hydrogens is 320 g/mol. The number of benzene rings is 3. The van der Waals surface area contributed by atoms with E-state index >= 15 is 0 Å². The molecule has 0 aliphatic carbocycles. The second-order valence-electron chi connectivity index (χ2n) is 7.31. The summed E-state index contributed by atoms with van der Waals surface area (Å²) >= 11 is 0. The van der Waals surface area contributed by atoms with E-state index in [4.69, 9.17) is 5.11 Å². The summed E-state index contributed by atoms with van der Waals surface area (Å²) in [5.41, 5.74) is -0.106. The van der Waals surface area contributed by atoms with Gasteiger partial charge in [-0.3, -0.25) is 0 Å². The van der Waals surface area contributed by atoms with E-state index in [9.17, 15) is 5.11 Å². The third kappa shape index (κ3) is 2.10. The van der Waals surface area contributed by atoms with Crippen LogP contribution in [0.3, 0.4) is 0 Å². The SMILES string of the molecule is CC1(C)C(O)(c2ccccc2)N=NC1(c1ccccc1)c1ccccc1. The van der Waals surface area contributed by atoms with E-state index in [1.807, 2.05) is 80.6 Å². The molecule has 0 amide bonds.